The highest BCUT2D eigenvalue weighted by atomic mass is 32.2. The molecule has 1 amide bonds. The van der Waals surface area contributed by atoms with Crippen LogP contribution in [-0.4, -0.2) is 56.8 Å². The number of pyridine rings is 1. The van der Waals surface area contributed by atoms with Gasteiger partial charge in [-0.25, -0.2) is 18.1 Å². The molecule has 5 rings (SSSR count). The molecule has 1 aliphatic heterocycles. The van der Waals surface area contributed by atoms with Crippen molar-refractivity contribution in [3.8, 4) is 0 Å². The van der Waals surface area contributed by atoms with E-state index in [4.69, 9.17) is 9.47 Å². The number of benzene rings is 2. The smallest absolute Gasteiger partial charge is 0.410 e. The molecular formula is C38H51FN4O4S. The lowest BCUT2D eigenvalue weighted by atomic mass is 9.79. The Morgan fingerprint density at radius 2 is 1.71 bits per heavy atom. The normalized spacial score (nSPS) is 21.8. The molecule has 1 aromatic heterocycles. The second-order valence-electron chi connectivity index (χ2n) is 15.2. The number of hydrogen-bond acceptors (Lipinski definition) is 6. The van der Waals surface area contributed by atoms with Crippen molar-refractivity contribution in [3.05, 3.63) is 95.6 Å². The summed E-state index contributed by atoms with van der Waals surface area (Å²) in [6.07, 6.45) is 7.55. The largest absolute Gasteiger partial charge is 0.444 e. The number of rotatable bonds is 12. The van der Waals surface area contributed by atoms with Crippen LogP contribution < -0.4 is 10.0 Å². The highest BCUT2D eigenvalue weighted by molar-refractivity contribution is 7.84. The van der Waals surface area contributed by atoms with Crippen molar-refractivity contribution in [1.29, 1.82) is 0 Å². The van der Waals surface area contributed by atoms with E-state index in [0.29, 0.717) is 31.0 Å². The molecule has 4 atom stereocenters. The number of carbonyl (C=O) groups is 1. The van der Waals surface area contributed by atoms with E-state index in [2.05, 4.69) is 15.0 Å². The van der Waals surface area contributed by atoms with E-state index in [0.717, 1.165) is 23.1 Å². The second kappa shape index (κ2) is 14.3. The highest BCUT2D eigenvalue weighted by Crippen LogP contribution is 2.43. The Morgan fingerprint density at radius 3 is 2.31 bits per heavy atom. The number of anilines is 1. The summed E-state index contributed by atoms with van der Waals surface area (Å²) in [7, 11) is 0.238. The predicted molar refractivity (Wildman–Crippen MR) is 189 cm³/mol. The van der Waals surface area contributed by atoms with E-state index >= 15 is 4.39 Å². The molecular weight excluding hydrogens is 628 g/mol. The SMILES string of the molecule is CO[C@]1(c2ccccc2)C[C@H](CNc2cc(C(CCC3CC3)(N[S@@](=O)C(C)(C)C)c3ccncc3)ccc2F)N(C(=O)OC(C)(C)C)C1. The Labute approximate surface area is 287 Å². The van der Waals surface area contributed by atoms with Crippen LogP contribution in [0.25, 0.3) is 0 Å². The van der Waals surface area contributed by atoms with Crippen molar-refractivity contribution in [1.82, 2.24) is 14.6 Å². The number of carbonyl (C=O) groups excluding carboxylic acids is 1. The van der Waals surface area contributed by atoms with E-state index in [-0.39, 0.29) is 12.6 Å². The first-order chi connectivity index (χ1) is 22.7. The molecule has 2 fully saturated rings. The van der Waals surface area contributed by atoms with Gasteiger partial charge < -0.3 is 19.7 Å². The third kappa shape index (κ3) is 8.26. The van der Waals surface area contributed by atoms with Crippen LogP contribution in [0.1, 0.15) is 90.3 Å². The van der Waals surface area contributed by atoms with Crippen LogP contribution in [0, 0.1) is 11.7 Å². The zero-order chi connectivity index (χ0) is 34.7. The minimum Gasteiger partial charge on any atom is -0.444 e. The Bertz CT molecular complexity index is 1570. The van der Waals surface area contributed by atoms with Crippen molar-refractivity contribution in [2.45, 2.75) is 101 Å². The first kappa shape index (κ1) is 36.0. The Kier molecular flexibility index (Phi) is 10.7. The molecule has 0 spiro atoms. The number of likely N-dealkylation sites (tertiary alicyclic amines) is 1. The number of ether oxygens (including phenoxy) is 2. The summed E-state index contributed by atoms with van der Waals surface area (Å²) in [4.78, 5) is 19.5. The first-order valence-corrected chi connectivity index (χ1v) is 18.1. The lowest BCUT2D eigenvalue weighted by Crippen LogP contribution is -2.49. The number of methoxy groups -OCH3 is 1. The maximum Gasteiger partial charge on any atom is 0.410 e. The van der Waals surface area contributed by atoms with Crippen LogP contribution in [0.15, 0.2) is 73.1 Å². The van der Waals surface area contributed by atoms with E-state index in [1.807, 2.05) is 90.1 Å². The molecule has 1 aliphatic carbocycles. The third-order valence-corrected chi connectivity index (χ3v) is 11.0. The molecule has 2 aromatic carbocycles. The van der Waals surface area contributed by atoms with Gasteiger partial charge in [0, 0.05) is 32.5 Å². The minimum absolute atomic E-state index is 0.267. The molecule has 2 heterocycles. The van der Waals surface area contributed by atoms with E-state index in [9.17, 15) is 9.00 Å². The van der Waals surface area contributed by atoms with E-state index in [1.54, 1.807) is 30.5 Å². The number of nitrogens with zero attached hydrogens (tertiary/aromatic N) is 2. The summed E-state index contributed by atoms with van der Waals surface area (Å²) in [5, 5.41) is 3.34. The van der Waals surface area contributed by atoms with Crippen LogP contribution in [0.5, 0.6) is 0 Å². The van der Waals surface area contributed by atoms with Crippen LogP contribution in [0.2, 0.25) is 0 Å². The summed E-state index contributed by atoms with van der Waals surface area (Å²) in [6.45, 7) is 11.9. The van der Waals surface area contributed by atoms with Gasteiger partial charge in [-0.2, -0.15) is 0 Å². The van der Waals surface area contributed by atoms with Crippen LogP contribution in [0.3, 0.4) is 0 Å². The molecule has 1 saturated heterocycles. The molecule has 2 N–H and O–H groups in total. The fourth-order valence-corrected chi connectivity index (χ4v) is 7.41. The van der Waals surface area contributed by atoms with Crippen molar-refractivity contribution in [2.24, 2.45) is 5.92 Å². The second-order valence-corrected chi connectivity index (χ2v) is 17.2. The molecule has 260 valence electrons. The summed E-state index contributed by atoms with van der Waals surface area (Å²) in [5.74, 6) is 0.213. The Hall–Kier alpha value is -3.34. The molecule has 0 radical (unpaired) electrons. The summed E-state index contributed by atoms with van der Waals surface area (Å²) >= 11 is 0. The minimum atomic E-state index is -1.42. The number of amides is 1. The summed E-state index contributed by atoms with van der Waals surface area (Å²) in [6, 6.07) is 18.5. The maximum absolute atomic E-state index is 15.7. The first-order valence-electron chi connectivity index (χ1n) is 16.9. The topological polar surface area (TPSA) is 92.8 Å². The quantitative estimate of drug-likeness (QED) is 0.204. The lowest BCUT2D eigenvalue weighted by molar-refractivity contribution is -0.0131. The van der Waals surface area contributed by atoms with Crippen LogP contribution in [0.4, 0.5) is 14.9 Å². The van der Waals surface area contributed by atoms with Crippen molar-refractivity contribution in [2.75, 3.05) is 25.5 Å². The fraction of sp³-hybridized carbons (Fsp3) is 0.526. The molecule has 10 heteroatoms. The molecule has 1 saturated carbocycles. The maximum atomic E-state index is 15.7. The van der Waals surface area contributed by atoms with Crippen molar-refractivity contribution < 1.29 is 22.9 Å². The van der Waals surface area contributed by atoms with Gasteiger partial charge in [-0.3, -0.25) is 4.98 Å². The molecule has 1 unspecified atom stereocenters. The van der Waals surface area contributed by atoms with Gasteiger partial charge in [-0.1, -0.05) is 49.2 Å². The average Bonchev–Trinajstić information content (AvgIpc) is 3.80. The zero-order valence-electron chi connectivity index (χ0n) is 29.3. The van der Waals surface area contributed by atoms with Gasteiger partial charge >= 0.3 is 6.09 Å². The van der Waals surface area contributed by atoms with E-state index < -0.39 is 44.4 Å². The van der Waals surface area contributed by atoms with E-state index in [1.165, 1.54) is 18.9 Å². The third-order valence-electron chi connectivity index (χ3n) is 9.36. The number of aromatic nitrogens is 1. The molecule has 8 nitrogen and oxygen atoms in total. The Balaban J connectivity index is 1.49. The molecule has 3 aromatic rings. The van der Waals surface area contributed by atoms with Gasteiger partial charge in [-0.05, 0) is 101 Å². The lowest BCUT2D eigenvalue weighted by Gasteiger charge is -2.38. The summed E-state index contributed by atoms with van der Waals surface area (Å²) in [5.41, 5.74) is 0.729. The predicted octanol–water partition coefficient (Wildman–Crippen LogP) is 7.67. The number of halogens is 1. The van der Waals surface area contributed by atoms with Crippen molar-refractivity contribution in [3.63, 3.8) is 0 Å². The average molecular weight is 679 g/mol. The molecule has 0 bridgehead atoms. The molecule has 2 aliphatic rings. The zero-order valence-corrected chi connectivity index (χ0v) is 30.2. The van der Waals surface area contributed by atoms with Gasteiger partial charge in [0.2, 0.25) is 0 Å². The highest BCUT2D eigenvalue weighted by Gasteiger charge is 2.48. The fourth-order valence-electron chi connectivity index (χ4n) is 6.45. The molecule has 48 heavy (non-hydrogen) atoms. The van der Waals surface area contributed by atoms with Gasteiger partial charge in [0.15, 0.2) is 0 Å². The number of nitrogens with one attached hydrogen (secondary N) is 2. The Morgan fingerprint density at radius 1 is 1.02 bits per heavy atom. The van der Waals surface area contributed by atoms with Gasteiger partial charge in [0.25, 0.3) is 0 Å². The van der Waals surface area contributed by atoms with Crippen LogP contribution in [-0.2, 0) is 31.6 Å². The standard InChI is InChI=1S/C38H51FN4O4S/c1-35(2,3)47-34(44)43-26-37(46-7,28-11-9-8-10-12-28)24-31(43)25-41-33-23-30(15-16-32(33)39)38(20-17-27-13-14-27,29-18-21-40-22-19-29)42-48(45)36(4,5)6/h8-12,15-16,18-19,21-23,27,31,41-42H,13-14,17,20,24-26H2,1-7H3/t31-,37-,38?,48+/m1/s1. The van der Waals surface area contributed by atoms with Gasteiger partial charge in [0.05, 0.1) is 39.5 Å². The van der Waals surface area contributed by atoms with Crippen LogP contribution >= 0.6 is 0 Å². The summed E-state index contributed by atoms with van der Waals surface area (Å²) < 4.78 is 44.4. The van der Waals surface area contributed by atoms with Gasteiger partial charge in [-0.15, -0.1) is 0 Å². The number of hydrogen-bond donors (Lipinski definition) is 2. The van der Waals surface area contributed by atoms with Crippen molar-refractivity contribution >= 4 is 22.8 Å². The van der Waals surface area contributed by atoms with Gasteiger partial charge in [0.1, 0.15) is 17.0 Å². The monoisotopic (exact) mass is 678 g/mol.